The van der Waals surface area contributed by atoms with E-state index in [1.807, 2.05) is 38.1 Å². The third-order valence-electron chi connectivity index (χ3n) is 3.08. The first-order valence-electron chi connectivity index (χ1n) is 6.42. The van der Waals surface area contributed by atoms with Gasteiger partial charge in [0.15, 0.2) is 0 Å². The Balaban J connectivity index is 2.51. The minimum absolute atomic E-state index is 0.0490. The van der Waals surface area contributed by atoms with E-state index in [9.17, 15) is 0 Å². The molecule has 0 aliphatic carbocycles. The second-order valence-electron chi connectivity index (χ2n) is 4.54. The lowest BCUT2D eigenvalue weighted by Gasteiger charge is -2.21. The van der Waals surface area contributed by atoms with E-state index in [1.54, 1.807) is 0 Å². The lowest BCUT2D eigenvalue weighted by molar-refractivity contribution is 0.620. The van der Waals surface area contributed by atoms with Crippen LogP contribution in [0.1, 0.15) is 35.5 Å². The Kier molecular flexibility index (Phi) is 4.51. The van der Waals surface area contributed by atoms with Crippen LogP contribution in [0.5, 0.6) is 0 Å². The van der Waals surface area contributed by atoms with Crippen molar-refractivity contribution >= 4 is 11.6 Å². The van der Waals surface area contributed by atoms with Crippen molar-refractivity contribution in [2.45, 2.75) is 26.8 Å². The summed E-state index contributed by atoms with van der Waals surface area (Å²) in [6, 6.07) is 10.0. The standard InChI is InChI=1S/C15H18ClN3/c1-4-17-15(12-7-5-6-8-14(12)16)13-9-10(2)18-19-11(13)3/h5-9,15,17H,4H2,1-3H3. The molecule has 0 radical (unpaired) electrons. The number of aryl methyl sites for hydroxylation is 2. The van der Waals surface area contributed by atoms with Crippen molar-refractivity contribution in [1.82, 2.24) is 15.5 Å². The monoisotopic (exact) mass is 275 g/mol. The molecule has 0 bridgehead atoms. The molecule has 100 valence electrons. The Morgan fingerprint density at radius 3 is 2.58 bits per heavy atom. The van der Waals surface area contributed by atoms with Gasteiger partial charge < -0.3 is 5.32 Å². The van der Waals surface area contributed by atoms with E-state index in [1.165, 1.54) is 0 Å². The van der Waals surface area contributed by atoms with Crippen LogP contribution in [0.3, 0.4) is 0 Å². The van der Waals surface area contributed by atoms with Crippen molar-refractivity contribution in [2.75, 3.05) is 6.54 Å². The summed E-state index contributed by atoms with van der Waals surface area (Å²) in [6.45, 7) is 6.87. The van der Waals surface area contributed by atoms with Gasteiger partial charge in [0, 0.05) is 5.02 Å². The zero-order chi connectivity index (χ0) is 13.8. The van der Waals surface area contributed by atoms with Gasteiger partial charge in [-0.05, 0) is 43.7 Å². The van der Waals surface area contributed by atoms with Gasteiger partial charge in [0.1, 0.15) is 0 Å². The number of hydrogen-bond acceptors (Lipinski definition) is 3. The highest BCUT2D eigenvalue weighted by Crippen LogP contribution is 2.29. The van der Waals surface area contributed by atoms with E-state index >= 15 is 0 Å². The number of halogens is 1. The molecule has 19 heavy (non-hydrogen) atoms. The minimum Gasteiger partial charge on any atom is -0.306 e. The summed E-state index contributed by atoms with van der Waals surface area (Å²) in [6.07, 6.45) is 0. The summed E-state index contributed by atoms with van der Waals surface area (Å²) in [4.78, 5) is 0. The number of benzene rings is 1. The van der Waals surface area contributed by atoms with Crippen LogP contribution in [0, 0.1) is 13.8 Å². The number of nitrogens with zero attached hydrogens (tertiary/aromatic N) is 2. The fourth-order valence-electron chi connectivity index (χ4n) is 2.16. The lowest BCUT2D eigenvalue weighted by atomic mass is 9.97. The second-order valence-corrected chi connectivity index (χ2v) is 4.95. The van der Waals surface area contributed by atoms with E-state index in [2.05, 4.69) is 28.5 Å². The molecule has 0 saturated heterocycles. The number of rotatable bonds is 4. The van der Waals surface area contributed by atoms with E-state index < -0.39 is 0 Å². The van der Waals surface area contributed by atoms with Crippen LogP contribution in [-0.4, -0.2) is 16.7 Å². The van der Waals surface area contributed by atoms with Gasteiger partial charge in [-0.25, -0.2) is 0 Å². The summed E-state index contributed by atoms with van der Waals surface area (Å²) < 4.78 is 0. The van der Waals surface area contributed by atoms with Crippen molar-refractivity contribution in [3.05, 3.63) is 57.9 Å². The highest BCUT2D eigenvalue weighted by molar-refractivity contribution is 6.31. The van der Waals surface area contributed by atoms with Gasteiger partial charge in [-0.3, -0.25) is 0 Å². The van der Waals surface area contributed by atoms with Gasteiger partial charge in [0.2, 0.25) is 0 Å². The van der Waals surface area contributed by atoms with Crippen molar-refractivity contribution in [1.29, 1.82) is 0 Å². The molecule has 1 heterocycles. The molecule has 1 unspecified atom stereocenters. The largest absolute Gasteiger partial charge is 0.306 e. The van der Waals surface area contributed by atoms with E-state index in [0.717, 1.165) is 34.1 Å². The maximum atomic E-state index is 6.32. The van der Waals surface area contributed by atoms with Gasteiger partial charge in [0.05, 0.1) is 17.4 Å². The highest BCUT2D eigenvalue weighted by Gasteiger charge is 2.18. The Labute approximate surface area is 119 Å². The first-order valence-corrected chi connectivity index (χ1v) is 6.80. The fraction of sp³-hybridized carbons (Fsp3) is 0.333. The molecule has 0 fully saturated rings. The zero-order valence-corrected chi connectivity index (χ0v) is 12.2. The highest BCUT2D eigenvalue weighted by atomic mass is 35.5. The number of aromatic nitrogens is 2. The predicted octanol–water partition coefficient (Wildman–Crippen LogP) is 3.45. The van der Waals surface area contributed by atoms with Gasteiger partial charge >= 0.3 is 0 Å². The summed E-state index contributed by atoms with van der Waals surface area (Å²) in [5, 5.41) is 12.5. The van der Waals surface area contributed by atoms with Crippen LogP contribution in [0.15, 0.2) is 30.3 Å². The molecule has 0 saturated carbocycles. The van der Waals surface area contributed by atoms with Crippen LogP contribution in [-0.2, 0) is 0 Å². The fourth-order valence-corrected chi connectivity index (χ4v) is 2.41. The molecule has 0 amide bonds. The van der Waals surface area contributed by atoms with E-state index in [0.29, 0.717) is 0 Å². The van der Waals surface area contributed by atoms with Crippen LogP contribution in [0.25, 0.3) is 0 Å². The molecule has 1 aromatic carbocycles. The first kappa shape index (κ1) is 14.0. The van der Waals surface area contributed by atoms with Gasteiger partial charge in [-0.1, -0.05) is 36.7 Å². The van der Waals surface area contributed by atoms with Crippen LogP contribution in [0.4, 0.5) is 0 Å². The average Bonchev–Trinajstić information content (AvgIpc) is 2.40. The predicted molar refractivity (Wildman–Crippen MR) is 78.5 cm³/mol. The lowest BCUT2D eigenvalue weighted by Crippen LogP contribution is -2.23. The van der Waals surface area contributed by atoms with Gasteiger partial charge in [-0.2, -0.15) is 10.2 Å². The third-order valence-corrected chi connectivity index (χ3v) is 3.42. The topological polar surface area (TPSA) is 37.8 Å². The summed E-state index contributed by atoms with van der Waals surface area (Å²) in [7, 11) is 0. The molecule has 1 N–H and O–H groups in total. The summed E-state index contributed by atoms with van der Waals surface area (Å²) in [5.41, 5.74) is 4.04. The van der Waals surface area contributed by atoms with Crippen molar-refractivity contribution in [3.8, 4) is 0 Å². The van der Waals surface area contributed by atoms with E-state index in [4.69, 9.17) is 11.6 Å². The SMILES string of the molecule is CCNC(c1ccccc1Cl)c1cc(C)nnc1C. The maximum absolute atomic E-state index is 6.32. The van der Waals surface area contributed by atoms with Crippen molar-refractivity contribution < 1.29 is 0 Å². The molecular weight excluding hydrogens is 258 g/mol. The summed E-state index contributed by atoms with van der Waals surface area (Å²) >= 11 is 6.32. The van der Waals surface area contributed by atoms with Gasteiger partial charge in [0.25, 0.3) is 0 Å². The average molecular weight is 276 g/mol. The van der Waals surface area contributed by atoms with Crippen LogP contribution in [0.2, 0.25) is 5.02 Å². The minimum atomic E-state index is 0.0490. The molecule has 0 aliphatic rings. The molecule has 1 aromatic heterocycles. The quantitative estimate of drug-likeness (QED) is 0.929. The smallest absolute Gasteiger partial charge is 0.0651 e. The Bertz CT molecular complexity index is 569. The summed E-state index contributed by atoms with van der Waals surface area (Å²) in [5.74, 6) is 0. The van der Waals surface area contributed by atoms with Crippen molar-refractivity contribution in [2.24, 2.45) is 0 Å². The molecule has 4 heteroatoms. The second kappa shape index (κ2) is 6.13. The van der Waals surface area contributed by atoms with Crippen LogP contribution >= 0.6 is 11.6 Å². The molecule has 0 aliphatic heterocycles. The molecule has 2 rings (SSSR count). The number of hydrogen-bond donors (Lipinski definition) is 1. The molecule has 2 aromatic rings. The molecular formula is C15H18ClN3. The third kappa shape index (κ3) is 3.11. The first-order chi connectivity index (χ1) is 9.13. The Morgan fingerprint density at radius 1 is 1.16 bits per heavy atom. The van der Waals surface area contributed by atoms with Crippen molar-refractivity contribution in [3.63, 3.8) is 0 Å². The Morgan fingerprint density at radius 2 is 1.89 bits per heavy atom. The number of nitrogens with one attached hydrogen (secondary N) is 1. The normalized spacial score (nSPS) is 12.4. The maximum Gasteiger partial charge on any atom is 0.0651 e. The van der Waals surface area contributed by atoms with E-state index in [-0.39, 0.29) is 6.04 Å². The Hall–Kier alpha value is -1.45. The molecule has 0 spiro atoms. The zero-order valence-electron chi connectivity index (χ0n) is 11.4. The molecule has 1 atom stereocenters. The van der Waals surface area contributed by atoms with Crippen LogP contribution < -0.4 is 5.32 Å². The molecule has 3 nitrogen and oxygen atoms in total. The van der Waals surface area contributed by atoms with Gasteiger partial charge in [-0.15, -0.1) is 0 Å².